The Balaban J connectivity index is 0.000000297. The van der Waals surface area contributed by atoms with Crippen LogP contribution in [0.4, 0.5) is 0 Å². The van der Waals surface area contributed by atoms with Gasteiger partial charge in [0.25, 0.3) is 0 Å². The van der Waals surface area contributed by atoms with Gasteiger partial charge < -0.3 is 5.11 Å². The quantitative estimate of drug-likeness (QED) is 0.0918. The molecule has 0 bridgehead atoms. The first-order valence-electron chi connectivity index (χ1n) is 15.9. The van der Waals surface area contributed by atoms with Crippen molar-refractivity contribution in [3.63, 3.8) is 0 Å². The number of aliphatic hydroxyl groups excluding tert-OH is 1. The van der Waals surface area contributed by atoms with Gasteiger partial charge in [-0.1, -0.05) is 95.8 Å². The fourth-order valence-electron chi connectivity index (χ4n) is 5.66. The van der Waals surface area contributed by atoms with Gasteiger partial charge in [-0.25, -0.2) is 0 Å². The molecule has 0 saturated heterocycles. The summed E-state index contributed by atoms with van der Waals surface area (Å²) in [4.78, 5) is 16.4. The topological polar surface area (TPSA) is 50.2 Å². The summed E-state index contributed by atoms with van der Waals surface area (Å²) >= 11 is 1.78. The molecule has 5 heteroatoms. The maximum absolute atomic E-state index is 11.7. The molecule has 0 fully saturated rings. The zero-order valence-corrected chi connectivity index (χ0v) is 30.8. The number of allylic oxidation sites excluding steroid dienone is 2. The summed E-state index contributed by atoms with van der Waals surface area (Å²) in [5, 5.41) is 15.6. The first-order valence-corrected chi connectivity index (χ1v) is 16.8. The van der Waals surface area contributed by atoms with Crippen molar-refractivity contribution in [2.75, 3.05) is 0 Å². The molecule has 0 unspecified atom stereocenters. The third kappa shape index (κ3) is 9.00. The zero-order valence-electron chi connectivity index (χ0n) is 27.6. The van der Waals surface area contributed by atoms with Gasteiger partial charge in [0.15, 0.2) is 5.78 Å². The Kier molecular flexibility index (Phi) is 13.3. The van der Waals surface area contributed by atoms with Gasteiger partial charge in [0.05, 0.1) is 5.76 Å². The van der Waals surface area contributed by atoms with Crippen molar-refractivity contribution in [2.45, 2.75) is 79.6 Å². The minimum Gasteiger partial charge on any atom is -0.512 e. The van der Waals surface area contributed by atoms with Crippen molar-refractivity contribution in [3.8, 4) is 22.4 Å². The minimum atomic E-state index is 0. The molecule has 5 rings (SSSR count). The van der Waals surface area contributed by atoms with Crippen LogP contribution >= 0.6 is 11.3 Å². The number of hydrogen-bond donors (Lipinski definition) is 1. The monoisotopic (exact) mass is 797 g/mol. The molecule has 0 aliphatic rings. The van der Waals surface area contributed by atoms with Crippen LogP contribution in [0.3, 0.4) is 0 Å². The van der Waals surface area contributed by atoms with Crippen molar-refractivity contribution in [2.24, 2.45) is 11.8 Å². The molecule has 0 spiro atoms. The average Bonchev–Trinajstić information content (AvgIpc) is 3.50. The van der Waals surface area contributed by atoms with E-state index in [1.807, 2.05) is 33.9 Å². The minimum absolute atomic E-state index is 0. The second-order valence-corrected chi connectivity index (χ2v) is 13.4. The number of carbonyl (C=O) groups is 1. The van der Waals surface area contributed by atoms with E-state index in [2.05, 4.69) is 104 Å². The van der Waals surface area contributed by atoms with Gasteiger partial charge in [-0.2, -0.15) is 0 Å². The van der Waals surface area contributed by atoms with Gasteiger partial charge in [-0.15, -0.1) is 40.5 Å². The van der Waals surface area contributed by atoms with Gasteiger partial charge in [0, 0.05) is 54.6 Å². The van der Waals surface area contributed by atoms with Crippen molar-refractivity contribution < 1.29 is 30.0 Å². The van der Waals surface area contributed by atoms with Crippen molar-refractivity contribution in [1.29, 1.82) is 0 Å². The van der Waals surface area contributed by atoms with E-state index in [1.54, 1.807) is 11.3 Å². The van der Waals surface area contributed by atoms with E-state index in [0.717, 1.165) is 42.3 Å². The number of nitrogens with zero attached hydrogens (tertiary/aromatic N) is 1. The Hall–Kier alpha value is -3.11. The van der Waals surface area contributed by atoms with Crippen LogP contribution in [0.5, 0.6) is 0 Å². The zero-order chi connectivity index (χ0) is 31.9. The van der Waals surface area contributed by atoms with Gasteiger partial charge in [0.1, 0.15) is 0 Å². The Morgan fingerprint density at radius 3 is 2.22 bits per heavy atom. The number of aliphatic hydroxyl groups is 1. The number of fused-ring (bicyclic) bond motifs is 2. The molecular weight excluding hydrogens is 751 g/mol. The number of aromatic nitrogens is 1. The third-order valence-electron chi connectivity index (χ3n) is 8.49. The maximum Gasteiger partial charge on any atom is 0.162 e. The molecule has 0 amide bonds. The first-order chi connectivity index (χ1) is 21.1. The smallest absolute Gasteiger partial charge is 0.162 e. The summed E-state index contributed by atoms with van der Waals surface area (Å²) in [5.74, 6) is 0.547. The Morgan fingerprint density at radius 1 is 0.889 bits per heavy atom. The predicted octanol–water partition coefficient (Wildman–Crippen LogP) is 11.7. The Labute approximate surface area is 287 Å². The fraction of sp³-hybridized carbons (Fsp3) is 0.350. The summed E-state index contributed by atoms with van der Waals surface area (Å²) in [6.07, 6.45) is 6.81. The maximum atomic E-state index is 11.7. The Bertz CT molecular complexity index is 1740. The van der Waals surface area contributed by atoms with Gasteiger partial charge in [-0.3, -0.25) is 9.78 Å². The van der Waals surface area contributed by atoms with E-state index in [9.17, 15) is 9.90 Å². The molecule has 1 N–H and O–H groups in total. The summed E-state index contributed by atoms with van der Waals surface area (Å²) in [5.41, 5.74) is 5.79. The Morgan fingerprint density at radius 2 is 1.56 bits per heavy atom. The van der Waals surface area contributed by atoms with Gasteiger partial charge >= 0.3 is 0 Å². The number of ketones is 1. The molecule has 2 aromatic heterocycles. The van der Waals surface area contributed by atoms with Crippen LogP contribution in [-0.2, 0) is 30.3 Å². The second-order valence-electron chi connectivity index (χ2n) is 12.5. The predicted molar refractivity (Wildman–Crippen MR) is 189 cm³/mol. The standard InChI is InChI=1S/C27H22NS.C13H24O2.Ir/c1-27(2,3)24-15-22(14-21-6-4-5-7-23(21)24)25-16-20(10-12-28-25)19-9-8-18-11-13-29-26(18)17-19;1-5-10(6-2)12(14)9-13(15)11(7-3)8-4;/h4-13,15-17H,1-3H3;9-11,14H,5-8H2,1-4H3;/q-1;;/b;12-9-;. The van der Waals surface area contributed by atoms with Crippen molar-refractivity contribution in [1.82, 2.24) is 4.98 Å². The molecule has 239 valence electrons. The largest absolute Gasteiger partial charge is 0.512 e. The number of benzene rings is 3. The van der Waals surface area contributed by atoms with Crippen molar-refractivity contribution in [3.05, 3.63) is 102 Å². The molecule has 2 heterocycles. The second kappa shape index (κ2) is 16.5. The fourth-order valence-corrected chi connectivity index (χ4v) is 6.49. The molecule has 0 atom stereocenters. The van der Waals surface area contributed by atoms with Gasteiger partial charge in [-0.05, 0) is 71.2 Å². The van der Waals surface area contributed by atoms with Crippen LogP contribution in [0.25, 0.3) is 43.2 Å². The van der Waals surface area contributed by atoms with E-state index in [0.29, 0.717) is 0 Å². The van der Waals surface area contributed by atoms with Crippen LogP contribution in [0.15, 0.2) is 90.1 Å². The number of hydrogen-bond acceptors (Lipinski definition) is 4. The molecular formula is C40H46IrNO2S-. The number of rotatable bonds is 9. The normalized spacial score (nSPS) is 11.9. The van der Waals surface area contributed by atoms with Crippen LogP contribution < -0.4 is 0 Å². The van der Waals surface area contributed by atoms with E-state index in [4.69, 9.17) is 0 Å². The number of pyridine rings is 1. The van der Waals surface area contributed by atoms with Gasteiger partial charge in [0.2, 0.25) is 0 Å². The molecule has 0 saturated carbocycles. The SMILES string of the molecule is CC(C)(C)c1cc(-c2cc(-c3ccc4ccsc4c3)ccn2)[c-]c2ccccc12.CCC(CC)C(=O)/C=C(\O)C(CC)CC.[Ir]. The average molecular weight is 797 g/mol. The first kappa shape index (κ1) is 36.4. The van der Waals surface area contributed by atoms with Crippen LogP contribution in [0, 0.1) is 17.9 Å². The summed E-state index contributed by atoms with van der Waals surface area (Å²) in [6.45, 7) is 14.9. The van der Waals surface area contributed by atoms with Crippen LogP contribution in [0.2, 0.25) is 0 Å². The van der Waals surface area contributed by atoms with Crippen molar-refractivity contribution >= 4 is 38.0 Å². The third-order valence-corrected chi connectivity index (χ3v) is 9.37. The summed E-state index contributed by atoms with van der Waals surface area (Å²) in [7, 11) is 0. The molecule has 3 nitrogen and oxygen atoms in total. The molecule has 3 aromatic carbocycles. The molecule has 0 aliphatic heterocycles. The molecule has 5 aromatic rings. The molecule has 45 heavy (non-hydrogen) atoms. The van der Waals surface area contributed by atoms with E-state index < -0.39 is 0 Å². The molecule has 0 aliphatic carbocycles. The van der Waals surface area contributed by atoms with E-state index >= 15 is 0 Å². The summed E-state index contributed by atoms with van der Waals surface area (Å²) in [6, 6.07) is 27.5. The molecule has 1 radical (unpaired) electrons. The van der Waals surface area contributed by atoms with E-state index in [-0.39, 0.29) is 48.9 Å². The summed E-state index contributed by atoms with van der Waals surface area (Å²) < 4.78 is 1.31. The van der Waals surface area contributed by atoms with E-state index in [1.165, 1.54) is 38.2 Å². The van der Waals surface area contributed by atoms with Crippen LogP contribution in [0.1, 0.15) is 79.7 Å². The van der Waals surface area contributed by atoms with Crippen LogP contribution in [-0.4, -0.2) is 15.9 Å². The number of thiophene rings is 1. The number of carbonyl (C=O) groups excluding carboxylic acids is 1.